The molecule has 0 amide bonds. The van der Waals surface area contributed by atoms with Crippen LogP contribution in [-0.2, 0) is 5.60 Å². The molecule has 150 valence electrons. The Kier molecular flexibility index (Phi) is 4.56. The van der Waals surface area contributed by atoms with E-state index >= 15 is 0 Å². The Labute approximate surface area is 169 Å². The van der Waals surface area contributed by atoms with Gasteiger partial charge in [-0.1, -0.05) is 0 Å². The van der Waals surface area contributed by atoms with E-state index in [1.807, 2.05) is 6.07 Å². The molecule has 4 rings (SSSR count). The molecule has 1 aromatic carbocycles. The zero-order valence-electron chi connectivity index (χ0n) is 16.0. The Morgan fingerprint density at radius 3 is 2.53 bits per heavy atom. The lowest BCUT2D eigenvalue weighted by Gasteiger charge is -2.19. The van der Waals surface area contributed by atoms with Crippen molar-refractivity contribution in [3.05, 3.63) is 77.5 Å². The summed E-state index contributed by atoms with van der Waals surface area (Å²) in [6, 6.07) is 9.78. The molecule has 0 saturated carbocycles. The maximum atomic E-state index is 14.9. The number of halogens is 3. The number of pyridine rings is 2. The molecular formula is C22H15F3N4O. The Morgan fingerprint density at radius 1 is 1.07 bits per heavy atom. The zero-order valence-corrected chi connectivity index (χ0v) is 16.0. The third-order valence-corrected chi connectivity index (χ3v) is 4.76. The maximum absolute atomic E-state index is 14.9. The molecule has 0 bridgehead atoms. The van der Waals surface area contributed by atoms with Crippen LogP contribution in [0, 0.1) is 28.9 Å². The average molecular weight is 408 g/mol. The van der Waals surface area contributed by atoms with Gasteiger partial charge in [0.15, 0.2) is 17.4 Å². The van der Waals surface area contributed by atoms with Gasteiger partial charge in [-0.15, -0.1) is 0 Å². The molecular weight excluding hydrogens is 393 g/mol. The van der Waals surface area contributed by atoms with Gasteiger partial charge in [-0.25, -0.2) is 13.8 Å². The summed E-state index contributed by atoms with van der Waals surface area (Å²) in [7, 11) is 0. The van der Waals surface area contributed by atoms with E-state index in [0.29, 0.717) is 16.8 Å². The Morgan fingerprint density at radius 2 is 1.83 bits per heavy atom. The number of hydrogen-bond acceptors (Lipinski definition) is 4. The van der Waals surface area contributed by atoms with Crippen molar-refractivity contribution < 1.29 is 18.3 Å². The Bertz CT molecular complexity index is 1330. The summed E-state index contributed by atoms with van der Waals surface area (Å²) in [6.07, 6.45) is 2.76. The van der Waals surface area contributed by atoms with E-state index in [1.165, 1.54) is 38.4 Å². The quantitative estimate of drug-likeness (QED) is 0.504. The first-order chi connectivity index (χ1) is 14.2. The van der Waals surface area contributed by atoms with Crippen LogP contribution in [0.5, 0.6) is 0 Å². The maximum Gasteiger partial charge on any atom is 0.200 e. The van der Waals surface area contributed by atoms with Crippen LogP contribution in [-0.4, -0.2) is 19.5 Å². The van der Waals surface area contributed by atoms with E-state index in [1.54, 1.807) is 12.1 Å². The molecule has 0 aliphatic heterocycles. The fourth-order valence-electron chi connectivity index (χ4n) is 3.31. The van der Waals surface area contributed by atoms with Gasteiger partial charge in [0.05, 0.1) is 34.8 Å². The second-order valence-corrected chi connectivity index (χ2v) is 7.29. The average Bonchev–Trinajstić information content (AvgIpc) is 3.16. The summed E-state index contributed by atoms with van der Waals surface area (Å²) < 4.78 is 44.2. The molecule has 3 aromatic heterocycles. The number of nitriles is 1. The van der Waals surface area contributed by atoms with Gasteiger partial charge in [0, 0.05) is 29.0 Å². The van der Waals surface area contributed by atoms with E-state index in [4.69, 9.17) is 0 Å². The predicted molar refractivity (Wildman–Crippen MR) is 104 cm³/mol. The van der Waals surface area contributed by atoms with Gasteiger partial charge in [-0.2, -0.15) is 9.65 Å². The number of fused-ring (bicyclic) bond motifs is 1. The number of aromatic nitrogens is 3. The summed E-state index contributed by atoms with van der Waals surface area (Å²) >= 11 is 0. The first-order valence-corrected chi connectivity index (χ1v) is 8.95. The van der Waals surface area contributed by atoms with E-state index in [0.717, 1.165) is 16.5 Å². The molecule has 0 atom stereocenters. The number of imidazole rings is 1. The van der Waals surface area contributed by atoms with Gasteiger partial charge in [0.1, 0.15) is 5.82 Å². The van der Waals surface area contributed by atoms with Crippen LogP contribution in [0.15, 0.2) is 48.8 Å². The second kappa shape index (κ2) is 6.97. The van der Waals surface area contributed by atoms with Crippen LogP contribution in [0.1, 0.15) is 25.0 Å². The summed E-state index contributed by atoms with van der Waals surface area (Å²) in [5.41, 5.74) is -0.449. The number of aliphatic hydroxyl groups is 1. The molecule has 8 heteroatoms. The van der Waals surface area contributed by atoms with Crippen LogP contribution >= 0.6 is 0 Å². The van der Waals surface area contributed by atoms with Crippen molar-refractivity contribution in [2.75, 3.05) is 0 Å². The van der Waals surface area contributed by atoms with Gasteiger partial charge < -0.3 is 5.11 Å². The number of rotatable bonds is 3. The predicted octanol–water partition coefficient (Wildman–Crippen LogP) is 4.58. The lowest BCUT2D eigenvalue weighted by Crippen LogP contribution is -2.19. The minimum absolute atomic E-state index is 0.102. The van der Waals surface area contributed by atoms with Crippen LogP contribution in [0.25, 0.3) is 28.2 Å². The fraction of sp³-hybridized carbons (Fsp3) is 0.136. The number of hydrogen-bond donors (Lipinski definition) is 1. The summed E-state index contributed by atoms with van der Waals surface area (Å²) in [5, 5.41) is 19.4. The monoisotopic (exact) mass is 408 g/mol. The second-order valence-electron chi connectivity index (χ2n) is 7.29. The minimum atomic E-state index is -1.58. The molecule has 0 spiro atoms. The first kappa shape index (κ1) is 19.6. The van der Waals surface area contributed by atoms with Gasteiger partial charge in [-0.3, -0.25) is 9.38 Å². The van der Waals surface area contributed by atoms with Crippen LogP contribution in [0.3, 0.4) is 0 Å². The Hall–Kier alpha value is -3.70. The molecule has 0 unspecified atom stereocenters. The fourth-order valence-corrected chi connectivity index (χ4v) is 3.31. The van der Waals surface area contributed by atoms with Crippen molar-refractivity contribution in [3.8, 4) is 28.6 Å². The molecule has 0 aliphatic carbocycles. The van der Waals surface area contributed by atoms with E-state index in [9.17, 15) is 23.5 Å². The molecule has 3 heterocycles. The van der Waals surface area contributed by atoms with Crippen molar-refractivity contribution in [1.82, 2.24) is 14.4 Å². The van der Waals surface area contributed by atoms with Crippen LogP contribution < -0.4 is 0 Å². The smallest absolute Gasteiger partial charge is 0.200 e. The molecule has 0 fully saturated rings. The van der Waals surface area contributed by atoms with Gasteiger partial charge in [0.25, 0.3) is 0 Å². The van der Waals surface area contributed by atoms with Crippen molar-refractivity contribution in [1.29, 1.82) is 5.26 Å². The zero-order chi connectivity index (χ0) is 21.6. The number of benzene rings is 1. The molecule has 5 nitrogen and oxygen atoms in total. The molecule has 0 saturated heterocycles. The number of nitrogens with zero attached hydrogens (tertiary/aromatic N) is 4. The SMILES string of the molecule is CC(C)(O)c1cc(F)n2c(-c3ccnc(-c4ccc(F)cc4C#N)c3)cnc2c1F. The van der Waals surface area contributed by atoms with Crippen molar-refractivity contribution >= 4 is 5.65 Å². The molecule has 0 radical (unpaired) electrons. The lowest BCUT2D eigenvalue weighted by molar-refractivity contribution is 0.0741. The van der Waals surface area contributed by atoms with Gasteiger partial charge in [0.2, 0.25) is 0 Å². The Balaban J connectivity index is 1.90. The van der Waals surface area contributed by atoms with Gasteiger partial charge >= 0.3 is 0 Å². The highest BCUT2D eigenvalue weighted by Crippen LogP contribution is 2.31. The highest BCUT2D eigenvalue weighted by molar-refractivity contribution is 5.73. The normalized spacial score (nSPS) is 11.6. The third-order valence-electron chi connectivity index (χ3n) is 4.76. The third kappa shape index (κ3) is 3.19. The van der Waals surface area contributed by atoms with E-state index in [-0.39, 0.29) is 22.5 Å². The standard InChI is InChI=1S/C22H15F3N4O/c1-22(2,30)16-9-19(24)29-18(11-28-21(29)20(16)25)12-5-6-27-17(8-12)15-4-3-14(23)7-13(15)10-26/h3-9,11,30H,1-2H3. The molecule has 1 N–H and O–H groups in total. The van der Waals surface area contributed by atoms with Gasteiger partial charge in [-0.05, 0) is 44.2 Å². The largest absolute Gasteiger partial charge is 0.386 e. The van der Waals surface area contributed by atoms with E-state index in [2.05, 4.69) is 9.97 Å². The highest BCUT2D eigenvalue weighted by atomic mass is 19.1. The van der Waals surface area contributed by atoms with Crippen LogP contribution in [0.2, 0.25) is 0 Å². The molecule has 4 aromatic rings. The summed E-state index contributed by atoms with van der Waals surface area (Å²) in [5.74, 6) is -2.17. The molecule has 0 aliphatic rings. The van der Waals surface area contributed by atoms with Crippen molar-refractivity contribution in [2.45, 2.75) is 19.4 Å². The van der Waals surface area contributed by atoms with Crippen LogP contribution in [0.4, 0.5) is 13.2 Å². The van der Waals surface area contributed by atoms with Crippen molar-refractivity contribution in [2.24, 2.45) is 0 Å². The van der Waals surface area contributed by atoms with Crippen molar-refractivity contribution in [3.63, 3.8) is 0 Å². The summed E-state index contributed by atoms with van der Waals surface area (Å²) in [6.45, 7) is 2.71. The molecule has 30 heavy (non-hydrogen) atoms. The highest BCUT2D eigenvalue weighted by Gasteiger charge is 2.26. The first-order valence-electron chi connectivity index (χ1n) is 8.95. The topological polar surface area (TPSA) is 74.2 Å². The summed E-state index contributed by atoms with van der Waals surface area (Å²) in [4.78, 5) is 8.21. The lowest BCUT2D eigenvalue weighted by atomic mass is 9.99. The minimum Gasteiger partial charge on any atom is -0.386 e. The van der Waals surface area contributed by atoms with E-state index < -0.39 is 23.2 Å².